The number of hydrogen-bond acceptors (Lipinski definition) is 5. The molecular weight excluding hydrogens is 272 g/mol. The lowest BCUT2D eigenvalue weighted by Gasteiger charge is -2.48. The Bertz CT molecular complexity index is 378. The van der Waals surface area contributed by atoms with E-state index in [0.717, 1.165) is 6.42 Å². The lowest BCUT2D eigenvalue weighted by molar-refractivity contribution is -0.150. The Labute approximate surface area is 126 Å². The highest BCUT2D eigenvalue weighted by atomic mass is 16.5. The highest BCUT2D eigenvalue weighted by Crippen LogP contribution is 2.28. The van der Waals surface area contributed by atoms with Crippen LogP contribution >= 0.6 is 0 Å². The number of ether oxygens (including phenoxy) is 1. The fraction of sp³-hybridized carbons (Fsp3) is 0.867. The molecule has 0 radical (unpaired) electrons. The van der Waals surface area contributed by atoms with Crippen molar-refractivity contribution in [1.29, 1.82) is 0 Å². The molecule has 21 heavy (non-hydrogen) atoms. The van der Waals surface area contributed by atoms with E-state index in [-0.39, 0.29) is 24.3 Å². The molecule has 1 fully saturated rings. The van der Waals surface area contributed by atoms with Crippen LogP contribution in [-0.2, 0) is 14.3 Å². The van der Waals surface area contributed by atoms with Gasteiger partial charge in [0.15, 0.2) is 0 Å². The van der Waals surface area contributed by atoms with E-state index in [1.165, 1.54) is 7.11 Å². The largest absolute Gasteiger partial charge is 0.467 e. The first-order chi connectivity index (χ1) is 9.73. The number of carbonyl (C=O) groups excluding carboxylic acids is 2. The summed E-state index contributed by atoms with van der Waals surface area (Å²) in [6.45, 7) is 8.97. The molecule has 1 saturated heterocycles. The summed E-state index contributed by atoms with van der Waals surface area (Å²) in [6.07, 6.45) is 0.775. The molecule has 1 rings (SSSR count). The van der Waals surface area contributed by atoms with E-state index >= 15 is 0 Å². The minimum Gasteiger partial charge on any atom is -0.467 e. The number of hydrogen-bond donors (Lipinski definition) is 2. The van der Waals surface area contributed by atoms with Gasteiger partial charge in [0.25, 0.3) is 0 Å². The third-order valence-corrected chi connectivity index (χ3v) is 4.42. The van der Waals surface area contributed by atoms with Gasteiger partial charge in [-0.1, -0.05) is 34.1 Å². The molecule has 1 amide bonds. The first-order valence-corrected chi connectivity index (χ1v) is 7.55. The van der Waals surface area contributed by atoms with Gasteiger partial charge in [-0.25, -0.2) is 4.79 Å². The van der Waals surface area contributed by atoms with Crippen LogP contribution in [0, 0.1) is 11.8 Å². The monoisotopic (exact) mass is 300 g/mol. The van der Waals surface area contributed by atoms with Gasteiger partial charge in [-0.15, -0.1) is 0 Å². The second-order valence-corrected chi connectivity index (χ2v) is 6.36. The molecule has 2 atom stereocenters. The van der Waals surface area contributed by atoms with E-state index in [9.17, 15) is 14.7 Å². The summed E-state index contributed by atoms with van der Waals surface area (Å²) in [4.78, 5) is 25.6. The van der Waals surface area contributed by atoms with Crippen LogP contribution in [0.5, 0.6) is 0 Å². The highest BCUT2D eigenvalue weighted by molar-refractivity contribution is 5.85. The standard InChI is InChI=1S/C15H28N2O4/c1-6-11(4)13(14(19)21-5)16-12(18)7-17-8-15(20,9-17)10(2)3/h10-11,13,20H,6-9H2,1-5H3,(H,16,18). The first-order valence-electron chi connectivity index (χ1n) is 7.55. The Hall–Kier alpha value is -1.14. The van der Waals surface area contributed by atoms with Crippen molar-refractivity contribution in [2.75, 3.05) is 26.7 Å². The Morgan fingerprint density at radius 1 is 1.33 bits per heavy atom. The molecule has 6 nitrogen and oxygen atoms in total. The van der Waals surface area contributed by atoms with Crippen molar-refractivity contribution in [3.8, 4) is 0 Å². The van der Waals surface area contributed by atoms with E-state index in [1.54, 1.807) is 0 Å². The summed E-state index contributed by atoms with van der Waals surface area (Å²) in [5, 5.41) is 12.9. The average Bonchev–Trinajstić information content (AvgIpc) is 2.40. The zero-order valence-electron chi connectivity index (χ0n) is 13.7. The number of likely N-dealkylation sites (tertiary alicyclic amines) is 1. The number of carbonyl (C=O) groups is 2. The Morgan fingerprint density at radius 3 is 2.33 bits per heavy atom. The summed E-state index contributed by atoms with van der Waals surface area (Å²) in [6, 6.07) is -0.613. The lowest BCUT2D eigenvalue weighted by Crippen LogP contribution is -2.66. The van der Waals surface area contributed by atoms with Gasteiger partial charge >= 0.3 is 5.97 Å². The van der Waals surface area contributed by atoms with Crippen molar-refractivity contribution < 1.29 is 19.4 Å². The molecule has 1 aliphatic rings. The quantitative estimate of drug-likeness (QED) is 0.665. The topological polar surface area (TPSA) is 78.9 Å². The summed E-state index contributed by atoms with van der Waals surface area (Å²) in [5.74, 6) is -0.443. The maximum atomic E-state index is 12.0. The summed E-state index contributed by atoms with van der Waals surface area (Å²) < 4.78 is 4.74. The maximum Gasteiger partial charge on any atom is 0.328 e. The summed E-state index contributed by atoms with van der Waals surface area (Å²) in [7, 11) is 1.32. The van der Waals surface area contributed by atoms with Crippen molar-refractivity contribution in [2.45, 2.75) is 45.8 Å². The zero-order chi connectivity index (χ0) is 16.2. The van der Waals surface area contributed by atoms with Crippen molar-refractivity contribution in [1.82, 2.24) is 10.2 Å². The number of nitrogens with one attached hydrogen (secondary N) is 1. The van der Waals surface area contributed by atoms with Gasteiger partial charge in [-0.3, -0.25) is 9.69 Å². The number of esters is 1. The van der Waals surface area contributed by atoms with E-state index in [2.05, 4.69) is 5.32 Å². The first kappa shape index (κ1) is 17.9. The normalized spacial score (nSPS) is 20.5. The lowest BCUT2D eigenvalue weighted by atomic mass is 9.83. The third-order valence-electron chi connectivity index (χ3n) is 4.42. The molecule has 0 aliphatic carbocycles. The number of rotatable bonds is 7. The van der Waals surface area contributed by atoms with Gasteiger partial charge in [0.05, 0.1) is 19.3 Å². The van der Waals surface area contributed by atoms with Crippen molar-refractivity contribution >= 4 is 11.9 Å². The van der Waals surface area contributed by atoms with Gasteiger partial charge in [-0.2, -0.15) is 0 Å². The predicted octanol–water partition coefficient (Wildman–Crippen LogP) is 0.393. The highest BCUT2D eigenvalue weighted by Gasteiger charge is 2.44. The third kappa shape index (κ3) is 4.41. The van der Waals surface area contributed by atoms with Crippen LogP contribution in [0.25, 0.3) is 0 Å². The van der Waals surface area contributed by atoms with Crippen molar-refractivity contribution in [2.24, 2.45) is 11.8 Å². The summed E-state index contributed by atoms with van der Waals surface area (Å²) >= 11 is 0. The molecule has 1 heterocycles. The van der Waals surface area contributed by atoms with Crippen LogP contribution in [-0.4, -0.2) is 60.3 Å². The Kier molecular flexibility index (Phi) is 6.16. The van der Waals surface area contributed by atoms with E-state index in [1.807, 2.05) is 32.6 Å². The molecule has 2 unspecified atom stereocenters. The molecule has 122 valence electrons. The van der Waals surface area contributed by atoms with Crippen molar-refractivity contribution in [3.63, 3.8) is 0 Å². The van der Waals surface area contributed by atoms with E-state index in [0.29, 0.717) is 13.1 Å². The van der Waals surface area contributed by atoms with Crippen LogP contribution in [0.1, 0.15) is 34.1 Å². The van der Waals surface area contributed by atoms with Gasteiger partial charge in [0.1, 0.15) is 6.04 Å². The number of aliphatic hydroxyl groups is 1. The second kappa shape index (κ2) is 7.22. The molecule has 0 saturated carbocycles. The number of β-amino-alcohol motifs (C(OH)–C–C–N with tert-alkyl or cyclic N) is 1. The predicted molar refractivity (Wildman–Crippen MR) is 79.6 cm³/mol. The molecule has 0 aromatic heterocycles. The van der Waals surface area contributed by atoms with Crippen LogP contribution in [0.3, 0.4) is 0 Å². The van der Waals surface area contributed by atoms with Gasteiger partial charge in [0, 0.05) is 13.1 Å². The van der Waals surface area contributed by atoms with Gasteiger partial charge < -0.3 is 15.2 Å². The SMILES string of the molecule is CCC(C)C(NC(=O)CN1CC(O)(C(C)C)C1)C(=O)OC. The maximum absolute atomic E-state index is 12.0. The van der Waals surface area contributed by atoms with Crippen molar-refractivity contribution in [3.05, 3.63) is 0 Å². The van der Waals surface area contributed by atoms with Gasteiger partial charge in [-0.05, 0) is 11.8 Å². The number of methoxy groups -OCH3 is 1. The molecule has 0 aromatic carbocycles. The van der Waals surface area contributed by atoms with Crippen LogP contribution in [0.2, 0.25) is 0 Å². The second-order valence-electron chi connectivity index (χ2n) is 6.36. The Morgan fingerprint density at radius 2 is 1.90 bits per heavy atom. The minimum atomic E-state index is -0.696. The average molecular weight is 300 g/mol. The van der Waals surface area contributed by atoms with Crippen LogP contribution < -0.4 is 5.32 Å². The summed E-state index contributed by atoms with van der Waals surface area (Å²) in [5.41, 5.74) is -0.696. The Balaban J connectivity index is 2.47. The molecule has 6 heteroatoms. The smallest absolute Gasteiger partial charge is 0.328 e. The molecular formula is C15H28N2O4. The number of nitrogens with zero attached hydrogens (tertiary/aromatic N) is 1. The minimum absolute atomic E-state index is 0.0189. The zero-order valence-corrected chi connectivity index (χ0v) is 13.7. The fourth-order valence-corrected chi connectivity index (χ4v) is 2.42. The van der Waals surface area contributed by atoms with Gasteiger partial charge in [0.2, 0.25) is 5.91 Å². The number of amides is 1. The molecule has 1 aliphatic heterocycles. The fourth-order valence-electron chi connectivity index (χ4n) is 2.42. The molecule has 0 aromatic rings. The van der Waals surface area contributed by atoms with E-state index < -0.39 is 17.6 Å². The molecule has 0 bridgehead atoms. The molecule has 0 spiro atoms. The van der Waals surface area contributed by atoms with E-state index in [4.69, 9.17) is 4.74 Å². The molecule has 2 N–H and O–H groups in total. The van der Waals surface area contributed by atoms with Crippen LogP contribution in [0.15, 0.2) is 0 Å². The van der Waals surface area contributed by atoms with Crippen LogP contribution in [0.4, 0.5) is 0 Å².